The summed E-state index contributed by atoms with van der Waals surface area (Å²) in [4.78, 5) is 35.5. The summed E-state index contributed by atoms with van der Waals surface area (Å²) in [7, 11) is 0. The van der Waals surface area contributed by atoms with Crippen LogP contribution in [-0.2, 0) is 20.2 Å². The van der Waals surface area contributed by atoms with Crippen LogP contribution in [0, 0.1) is 5.92 Å². The van der Waals surface area contributed by atoms with Crippen LogP contribution >= 0.6 is 11.6 Å². The van der Waals surface area contributed by atoms with Gasteiger partial charge in [-0.15, -0.1) is 11.6 Å². The van der Waals surface area contributed by atoms with Crippen LogP contribution in [0.3, 0.4) is 0 Å². The lowest BCUT2D eigenvalue weighted by Crippen LogP contribution is -2.39. The first-order valence-electron chi connectivity index (χ1n) is 10.1. The number of alkyl halides is 4. The van der Waals surface area contributed by atoms with Gasteiger partial charge in [0.25, 0.3) is 0 Å². The third-order valence-corrected chi connectivity index (χ3v) is 4.47. The fraction of sp³-hybridized carbons (Fsp3) is 0.571. The number of anilines is 1. The van der Waals surface area contributed by atoms with Crippen LogP contribution in [0.1, 0.15) is 45.6 Å². The number of hydrogen-bond acceptors (Lipinski definition) is 4. The molecule has 0 saturated heterocycles. The molecule has 1 aromatic carbocycles. The van der Waals surface area contributed by atoms with Crippen molar-refractivity contribution in [2.75, 3.05) is 18.4 Å². The highest BCUT2D eigenvalue weighted by atomic mass is 35.5. The topological polar surface area (TPSA) is 96.5 Å². The summed E-state index contributed by atoms with van der Waals surface area (Å²) in [6.45, 7) is 4.92. The molecule has 32 heavy (non-hydrogen) atoms. The number of benzene rings is 1. The summed E-state index contributed by atoms with van der Waals surface area (Å²) in [6.07, 6.45) is -4.73. The molecule has 0 radical (unpaired) electrons. The largest absolute Gasteiger partial charge is 0.471 e. The van der Waals surface area contributed by atoms with Crippen molar-refractivity contribution in [2.24, 2.45) is 5.92 Å². The lowest BCUT2D eigenvalue weighted by Gasteiger charge is -2.22. The second-order valence-corrected chi connectivity index (χ2v) is 8.42. The minimum atomic E-state index is -4.93. The Morgan fingerprint density at radius 1 is 1.03 bits per heavy atom. The van der Waals surface area contributed by atoms with E-state index >= 15 is 0 Å². The summed E-state index contributed by atoms with van der Waals surface area (Å²) in [6, 6.07) is 6.92. The normalized spacial score (nSPS) is 12.6. The molecule has 1 aromatic rings. The number of nitrogens with one attached hydrogen (secondary N) is 3. The fourth-order valence-electron chi connectivity index (χ4n) is 2.59. The minimum absolute atomic E-state index is 0.0184. The van der Waals surface area contributed by atoms with Crippen LogP contribution in [0.5, 0.6) is 0 Å². The summed E-state index contributed by atoms with van der Waals surface area (Å²) in [5.74, 6) is -2.69. The second kappa shape index (κ2) is 12.5. The maximum atomic E-state index is 12.7. The van der Waals surface area contributed by atoms with Crippen LogP contribution in [0.15, 0.2) is 24.3 Å². The van der Waals surface area contributed by atoms with Crippen molar-refractivity contribution < 1.29 is 32.3 Å². The number of carbonyl (C=O) groups excluding carboxylic acids is 3. The zero-order valence-corrected chi connectivity index (χ0v) is 19.0. The quantitative estimate of drug-likeness (QED) is 0.343. The molecule has 7 nitrogen and oxygen atoms in total. The van der Waals surface area contributed by atoms with Crippen molar-refractivity contribution in [3.05, 3.63) is 29.8 Å². The fourth-order valence-corrected chi connectivity index (χ4v) is 2.76. The Kier molecular flexibility index (Phi) is 10.8. The van der Waals surface area contributed by atoms with Crippen LogP contribution in [0.4, 0.5) is 23.7 Å². The highest BCUT2D eigenvalue weighted by Crippen LogP contribution is 2.16. The number of unbranched alkanes of at least 4 members (excludes halogenated alkanes) is 1. The Bertz CT molecular complexity index is 765. The van der Waals surface area contributed by atoms with Gasteiger partial charge >= 0.3 is 18.2 Å². The van der Waals surface area contributed by atoms with Gasteiger partial charge in [-0.2, -0.15) is 13.2 Å². The average Bonchev–Trinajstić information content (AvgIpc) is 2.68. The summed E-state index contributed by atoms with van der Waals surface area (Å²) < 4.78 is 41.8. The van der Waals surface area contributed by atoms with Crippen LogP contribution in [-0.4, -0.2) is 42.8 Å². The first-order chi connectivity index (χ1) is 14.8. The number of carbonyl (C=O) groups is 3. The molecule has 3 amide bonds. The van der Waals surface area contributed by atoms with Gasteiger partial charge in [0.05, 0.1) is 5.92 Å². The average molecular weight is 480 g/mol. The molecular formula is C21H29ClF3N3O4. The van der Waals surface area contributed by atoms with E-state index in [1.807, 2.05) is 0 Å². The van der Waals surface area contributed by atoms with E-state index in [0.29, 0.717) is 18.0 Å². The standard InChI is InChI=1S/C21H29ClF3N3O4/c1-20(2,3)32-19(31)27-13-15(6-4-5-11-26-18(30)21(23,24)25)17(29)28-16-9-7-14(12-22)8-10-16/h7-10,15H,4-6,11-13H2,1-3H3,(H,26,30)(H,27,31)(H,28,29). The predicted molar refractivity (Wildman–Crippen MR) is 115 cm³/mol. The van der Waals surface area contributed by atoms with Crippen LogP contribution < -0.4 is 16.0 Å². The molecule has 0 fully saturated rings. The van der Waals surface area contributed by atoms with Crippen molar-refractivity contribution in [3.63, 3.8) is 0 Å². The number of amides is 3. The van der Waals surface area contributed by atoms with Gasteiger partial charge in [0.2, 0.25) is 5.91 Å². The summed E-state index contributed by atoms with van der Waals surface area (Å²) >= 11 is 5.75. The zero-order chi connectivity index (χ0) is 24.4. The smallest absolute Gasteiger partial charge is 0.444 e. The van der Waals surface area contributed by atoms with Gasteiger partial charge in [0.1, 0.15) is 5.60 Å². The maximum absolute atomic E-state index is 12.7. The number of alkyl carbamates (subject to hydrolysis) is 1. The Hall–Kier alpha value is -2.49. The van der Waals surface area contributed by atoms with Gasteiger partial charge in [-0.3, -0.25) is 9.59 Å². The molecule has 0 aromatic heterocycles. The van der Waals surface area contributed by atoms with E-state index in [4.69, 9.17) is 16.3 Å². The Morgan fingerprint density at radius 3 is 2.19 bits per heavy atom. The molecule has 0 spiro atoms. The molecule has 0 aliphatic rings. The van der Waals surface area contributed by atoms with E-state index in [2.05, 4.69) is 10.6 Å². The first-order valence-corrected chi connectivity index (χ1v) is 10.6. The molecule has 1 rings (SSSR count). The maximum Gasteiger partial charge on any atom is 0.471 e. The number of halogens is 4. The van der Waals surface area contributed by atoms with Crippen molar-refractivity contribution in [2.45, 2.75) is 57.7 Å². The predicted octanol–water partition coefficient (Wildman–Crippen LogP) is 4.35. The molecule has 0 saturated carbocycles. The first kappa shape index (κ1) is 27.5. The zero-order valence-electron chi connectivity index (χ0n) is 18.3. The summed E-state index contributed by atoms with van der Waals surface area (Å²) in [5.41, 5.74) is 0.722. The van der Waals surface area contributed by atoms with Gasteiger partial charge in [0, 0.05) is 24.7 Å². The van der Waals surface area contributed by atoms with Gasteiger partial charge in [0.15, 0.2) is 0 Å². The molecule has 11 heteroatoms. The second-order valence-electron chi connectivity index (χ2n) is 8.15. The third-order valence-electron chi connectivity index (χ3n) is 4.16. The van der Waals surface area contributed by atoms with Gasteiger partial charge in [-0.1, -0.05) is 18.6 Å². The third kappa shape index (κ3) is 11.2. The van der Waals surface area contributed by atoms with Crippen LogP contribution in [0.2, 0.25) is 0 Å². The van der Waals surface area contributed by atoms with E-state index in [9.17, 15) is 27.6 Å². The van der Waals surface area contributed by atoms with E-state index < -0.39 is 29.7 Å². The molecule has 1 unspecified atom stereocenters. The molecule has 3 N–H and O–H groups in total. The molecule has 1 atom stereocenters. The van der Waals surface area contributed by atoms with Gasteiger partial charge in [-0.05, 0) is 51.3 Å². The van der Waals surface area contributed by atoms with E-state index in [-0.39, 0.29) is 31.8 Å². The highest BCUT2D eigenvalue weighted by Gasteiger charge is 2.38. The van der Waals surface area contributed by atoms with E-state index in [1.165, 1.54) is 0 Å². The lowest BCUT2D eigenvalue weighted by atomic mass is 10.0. The van der Waals surface area contributed by atoms with Gasteiger partial charge in [-0.25, -0.2) is 4.79 Å². The molecule has 0 aliphatic carbocycles. The van der Waals surface area contributed by atoms with Crippen molar-refractivity contribution >= 4 is 35.2 Å². The van der Waals surface area contributed by atoms with Crippen molar-refractivity contribution in [1.29, 1.82) is 0 Å². The van der Waals surface area contributed by atoms with Gasteiger partial charge < -0.3 is 20.7 Å². The van der Waals surface area contributed by atoms with E-state index in [0.717, 1.165) is 5.56 Å². The van der Waals surface area contributed by atoms with Crippen LogP contribution in [0.25, 0.3) is 0 Å². The SMILES string of the molecule is CC(C)(C)OC(=O)NCC(CCCCNC(=O)C(F)(F)F)C(=O)Nc1ccc(CCl)cc1. The number of hydrogen-bond donors (Lipinski definition) is 3. The molecule has 0 bridgehead atoms. The minimum Gasteiger partial charge on any atom is -0.444 e. The Balaban J connectivity index is 2.65. The molecule has 180 valence electrons. The monoisotopic (exact) mass is 479 g/mol. The lowest BCUT2D eigenvalue weighted by molar-refractivity contribution is -0.173. The molecule has 0 aliphatic heterocycles. The Morgan fingerprint density at radius 2 is 1.66 bits per heavy atom. The van der Waals surface area contributed by atoms with Crippen molar-refractivity contribution in [1.82, 2.24) is 10.6 Å². The number of ether oxygens (including phenoxy) is 1. The highest BCUT2D eigenvalue weighted by molar-refractivity contribution is 6.17. The molecule has 0 heterocycles. The van der Waals surface area contributed by atoms with E-state index in [1.54, 1.807) is 50.4 Å². The Labute approximate surface area is 190 Å². The van der Waals surface area contributed by atoms with Crippen molar-refractivity contribution in [3.8, 4) is 0 Å². The number of rotatable bonds is 10. The molecular weight excluding hydrogens is 451 g/mol. The summed E-state index contributed by atoms with van der Waals surface area (Å²) in [5, 5.41) is 7.08.